The topological polar surface area (TPSA) is 99.5 Å². The molecule has 8 heteroatoms. The maximum Gasteiger partial charge on any atom is 0.222 e. The van der Waals surface area contributed by atoms with Crippen LogP contribution in [0.1, 0.15) is 30.4 Å². The molecule has 29 heavy (non-hydrogen) atoms. The van der Waals surface area contributed by atoms with Crippen molar-refractivity contribution in [3.8, 4) is 17.2 Å². The molecular formula is C21H22BrN5O2. The predicted molar refractivity (Wildman–Crippen MR) is 116 cm³/mol. The highest BCUT2D eigenvalue weighted by Crippen LogP contribution is 2.48. The second-order valence-electron chi connectivity index (χ2n) is 7.72. The van der Waals surface area contributed by atoms with Crippen molar-refractivity contribution in [3.05, 3.63) is 39.9 Å². The third-order valence-electron chi connectivity index (χ3n) is 5.47. The van der Waals surface area contributed by atoms with Gasteiger partial charge in [0.1, 0.15) is 23.1 Å². The molecule has 7 nitrogen and oxygen atoms in total. The maximum absolute atomic E-state index is 6.36. The Morgan fingerprint density at radius 3 is 2.79 bits per heavy atom. The molecule has 0 spiro atoms. The van der Waals surface area contributed by atoms with Gasteiger partial charge in [-0.3, -0.25) is 4.90 Å². The van der Waals surface area contributed by atoms with Crippen LogP contribution in [-0.4, -0.2) is 34.6 Å². The van der Waals surface area contributed by atoms with Gasteiger partial charge in [0.25, 0.3) is 0 Å². The van der Waals surface area contributed by atoms with Crippen LogP contribution in [0, 0.1) is 0 Å². The van der Waals surface area contributed by atoms with E-state index in [-0.39, 0.29) is 11.9 Å². The summed E-state index contributed by atoms with van der Waals surface area (Å²) in [7, 11) is 0. The van der Waals surface area contributed by atoms with Crippen molar-refractivity contribution in [1.29, 1.82) is 0 Å². The van der Waals surface area contributed by atoms with E-state index in [9.17, 15) is 0 Å². The zero-order valence-corrected chi connectivity index (χ0v) is 17.7. The molecule has 150 valence electrons. The molecule has 2 aromatic carbocycles. The van der Waals surface area contributed by atoms with Gasteiger partial charge in [0.05, 0.1) is 17.5 Å². The number of aromatic nitrogens is 2. The Balaban J connectivity index is 1.58. The number of nitrogens with two attached hydrogens (primary N) is 2. The number of likely N-dealkylation sites (tertiary alicyclic amines) is 1. The van der Waals surface area contributed by atoms with Gasteiger partial charge < -0.3 is 20.9 Å². The van der Waals surface area contributed by atoms with Gasteiger partial charge in [-0.2, -0.15) is 4.98 Å². The normalized spacial score (nSPS) is 18.3. The Hall–Kier alpha value is -2.58. The number of hydrogen-bond acceptors (Lipinski definition) is 7. The molecule has 1 unspecified atom stereocenters. The average molecular weight is 456 g/mol. The molecule has 1 atom stereocenters. The van der Waals surface area contributed by atoms with Crippen molar-refractivity contribution in [3.63, 3.8) is 0 Å². The molecule has 0 aliphatic carbocycles. The lowest BCUT2D eigenvalue weighted by molar-refractivity contribution is 0.172. The van der Waals surface area contributed by atoms with E-state index in [0.717, 1.165) is 35.4 Å². The van der Waals surface area contributed by atoms with Gasteiger partial charge >= 0.3 is 0 Å². The van der Waals surface area contributed by atoms with Crippen LogP contribution in [0.2, 0.25) is 0 Å². The fourth-order valence-electron chi connectivity index (χ4n) is 3.99. The molecule has 1 fully saturated rings. The Bertz CT molecular complexity index is 1120. The van der Waals surface area contributed by atoms with Crippen LogP contribution in [0.15, 0.2) is 28.7 Å². The van der Waals surface area contributed by atoms with E-state index in [0.29, 0.717) is 34.8 Å². The smallest absolute Gasteiger partial charge is 0.222 e. The summed E-state index contributed by atoms with van der Waals surface area (Å²) in [4.78, 5) is 10.9. The molecule has 2 aliphatic heterocycles. The van der Waals surface area contributed by atoms with E-state index in [1.54, 1.807) is 0 Å². The van der Waals surface area contributed by atoms with Crippen LogP contribution in [0.4, 0.5) is 11.8 Å². The van der Waals surface area contributed by atoms with Gasteiger partial charge in [0.15, 0.2) is 0 Å². The molecule has 4 N–H and O–H groups in total. The molecule has 0 amide bonds. The maximum atomic E-state index is 6.36. The van der Waals surface area contributed by atoms with E-state index < -0.39 is 0 Å². The van der Waals surface area contributed by atoms with Crippen molar-refractivity contribution < 1.29 is 9.47 Å². The first-order valence-electron chi connectivity index (χ1n) is 9.70. The van der Waals surface area contributed by atoms with E-state index >= 15 is 0 Å². The highest BCUT2D eigenvalue weighted by atomic mass is 79.9. The minimum atomic E-state index is 0.131. The molecule has 5 rings (SSSR count). The van der Waals surface area contributed by atoms with Crippen LogP contribution in [0.3, 0.4) is 0 Å². The highest BCUT2D eigenvalue weighted by Gasteiger charge is 2.29. The van der Waals surface area contributed by atoms with Crippen LogP contribution >= 0.6 is 15.9 Å². The first-order valence-corrected chi connectivity index (χ1v) is 10.5. The Morgan fingerprint density at radius 1 is 1.21 bits per heavy atom. The van der Waals surface area contributed by atoms with Gasteiger partial charge in [0.2, 0.25) is 5.95 Å². The molecule has 1 aromatic heterocycles. The van der Waals surface area contributed by atoms with E-state index in [1.165, 1.54) is 12.0 Å². The Labute approximate surface area is 177 Å². The minimum Gasteiger partial charge on any atom is -0.492 e. The fourth-order valence-corrected chi connectivity index (χ4v) is 4.51. The number of anilines is 2. The molecule has 0 radical (unpaired) electrons. The summed E-state index contributed by atoms with van der Waals surface area (Å²) in [5.41, 5.74) is 14.8. The lowest BCUT2D eigenvalue weighted by atomic mass is 9.99. The van der Waals surface area contributed by atoms with Crippen LogP contribution in [0.25, 0.3) is 10.9 Å². The second kappa shape index (κ2) is 7.03. The summed E-state index contributed by atoms with van der Waals surface area (Å²) in [5.74, 6) is 2.80. The van der Waals surface area contributed by atoms with Gasteiger partial charge in [0, 0.05) is 28.6 Å². The average Bonchev–Trinajstić information content (AvgIpc) is 2.99. The fraction of sp³-hybridized carbons (Fsp3) is 0.333. The van der Waals surface area contributed by atoms with Crippen molar-refractivity contribution in [2.45, 2.75) is 25.8 Å². The quantitative estimate of drug-likeness (QED) is 0.611. The third-order valence-corrected chi connectivity index (χ3v) is 5.93. The monoisotopic (exact) mass is 455 g/mol. The van der Waals surface area contributed by atoms with Crippen LogP contribution < -0.4 is 20.9 Å². The standard InChI is InChI=1S/C21H22BrN5O2/c1-11-10-28-19-17(11)16(8-15-18(19)20(23)26-21(24)25-15)29-14-6-12(5-13(22)7-14)9-27-3-2-4-27/h5-8,11H,2-4,9-10H2,1H3,(H4,23,24,25,26). The number of benzene rings is 2. The molecule has 1 saturated heterocycles. The zero-order chi connectivity index (χ0) is 20.1. The summed E-state index contributed by atoms with van der Waals surface area (Å²) in [6, 6.07) is 8.07. The number of ether oxygens (including phenoxy) is 2. The van der Waals surface area contributed by atoms with E-state index in [4.69, 9.17) is 20.9 Å². The van der Waals surface area contributed by atoms with Crippen molar-refractivity contribution in [2.75, 3.05) is 31.2 Å². The number of hydrogen-bond donors (Lipinski definition) is 2. The molecule has 3 aromatic rings. The summed E-state index contributed by atoms with van der Waals surface area (Å²) in [6.45, 7) is 5.89. The highest BCUT2D eigenvalue weighted by molar-refractivity contribution is 9.10. The summed E-state index contributed by atoms with van der Waals surface area (Å²) in [6.07, 6.45) is 1.27. The summed E-state index contributed by atoms with van der Waals surface area (Å²) >= 11 is 3.61. The largest absolute Gasteiger partial charge is 0.492 e. The minimum absolute atomic E-state index is 0.131. The van der Waals surface area contributed by atoms with Crippen molar-refractivity contribution in [1.82, 2.24) is 14.9 Å². The van der Waals surface area contributed by atoms with Gasteiger partial charge in [-0.05, 0) is 43.3 Å². The van der Waals surface area contributed by atoms with Crippen molar-refractivity contribution in [2.24, 2.45) is 0 Å². The molecular weight excluding hydrogens is 434 g/mol. The van der Waals surface area contributed by atoms with Crippen LogP contribution in [0.5, 0.6) is 17.2 Å². The van der Waals surface area contributed by atoms with Gasteiger partial charge in [-0.1, -0.05) is 22.9 Å². The summed E-state index contributed by atoms with van der Waals surface area (Å²) in [5, 5.41) is 0.693. The van der Waals surface area contributed by atoms with E-state index in [1.807, 2.05) is 12.1 Å². The van der Waals surface area contributed by atoms with Crippen molar-refractivity contribution >= 4 is 38.6 Å². The number of nitrogens with zero attached hydrogens (tertiary/aromatic N) is 3. The Kier molecular flexibility index (Phi) is 4.48. The molecule has 2 aliphatic rings. The third kappa shape index (κ3) is 3.36. The first kappa shape index (κ1) is 18.4. The first-order chi connectivity index (χ1) is 14.0. The number of nitrogen functional groups attached to an aromatic ring is 2. The lowest BCUT2D eigenvalue weighted by Gasteiger charge is -2.30. The van der Waals surface area contributed by atoms with Crippen LogP contribution in [-0.2, 0) is 6.54 Å². The lowest BCUT2D eigenvalue weighted by Crippen LogP contribution is -2.36. The summed E-state index contributed by atoms with van der Waals surface area (Å²) < 4.78 is 13.3. The Morgan fingerprint density at radius 2 is 2.03 bits per heavy atom. The van der Waals surface area contributed by atoms with Gasteiger partial charge in [-0.25, -0.2) is 4.98 Å². The number of fused-ring (bicyclic) bond motifs is 3. The SMILES string of the molecule is CC1COc2c1c(Oc1cc(Br)cc(CN3CCC3)c1)cc1nc(N)nc(N)c21. The molecule has 0 saturated carbocycles. The number of rotatable bonds is 4. The predicted octanol–water partition coefficient (Wildman–Crippen LogP) is 4.05. The molecule has 3 heterocycles. The van der Waals surface area contributed by atoms with E-state index in [2.05, 4.69) is 49.9 Å². The zero-order valence-electron chi connectivity index (χ0n) is 16.1. The number of halogens is 1. The second-order valence-corrected chi connectivity index (χ2v) is 8.63. The molecule has 0 bridgehead atoms. The van der Waals surface area contributed by atoms with Gasteiger partial charge in [-0.15, -0.1) is 0 Å².